The first-order valence-electron chi connectivity index (χ1n) is 9.90. The van der Waals surface area contributed by atoms with Crippen molar-refractivity contribution in [2.75, 3.05) is 13.3 Å². The molecule has 0 aliphatic rings. The predicted molar refractivity (Wildman–Crippen MR) is 131 cm³/mol. The number of carbonyl (C=O) groups is 1. The number of aromatic nitrogens is 2. The van der Waals surface area contributed by atoms with Crippen molar-refractivity contribution in [1.82, 2.24) is 14.9 Å². The Kier molecular flexibility index (Phi) is 6.64. The van der Waals surface area contributed by atoms with Gasteiger partial charge in [-0.15, -0.1) is 11.3 Å². The Morgan fingerprint density at radius 2 is 2.06 bits per heavy atom. The van der Waals surface area contributed by atoms with E-state index in [1.165, 1.54) is 11.3 Å². The zero-order chi connectivity index (χ0) is 22.8. The topological polar surface area (TPSA) is 73.2 Å². The van der Waals surface area contributed by atoms with Crippen molar-refractivity contribution in [3.8, 4) is 10.8 Å². The van der Waals surface area contributed by atoms with E-state index in [-0.39, 0.29) is 12.0 Å². The highest BCUT2D eigenvalue weighted by Gasteiger charge is 2.22. The molecule has 1 amide bonds. The Morgan fingerprint density at radius 3 is 2.78 bits per heavy atom. The molecule has 4 aromatic rings. The summed E-state index contributed by atoms with van der Waals surface area (Å²) in [5.74, 6) is 0.720. The van der Waals surface area contributed by atoms with Gasteiger partial charge in [0.2, 0.25) is 0 Å². The summed E-state index contributed by atoms with van der Waals surface area (Å²) in [6, 6.07) is 15.2. The van der Waals surface area contributed by atoms with Crippen molar-refractivity contribution >= 4 is 50.7 Å². The van der Waals surface area contributed by atoms with Gasteiger partial charge in [0.1, 0.15) is 28.1 Å². The van der Waals surface area contributed by atoms with E-state index in [0.717, 1.165) is 27.2 Å². The van der Waals surface area contributed by atoms with Crippen LogP contribution >= 0.6 is 22.9 Å². The Balaban J connectivity index is 1.74. The third-order valence-electron chi connectivity index (χ3n) is 4.98. The van der Waals surface area contributed by atoms with Crippen LogP contribution in [0, 0.1) is 0 Å². The quantitative estimate of drug-likeness (QED) is 0.392. The molecule has 0 fully saturated rings. The standard InChI is InChI=1S/C23H22ClN3O3S2/c1-14(16-6-4-5-7-17(16)24)30-20-11-21(31-22(20)23(28)25-2)27-13-26-18-9-8-15(10-19(18)27)12-32(3)29/h4-11,13-14H,12H2,1-3H3,(H,25,28). The van der Waals surface area contributed by atoms with Crippen LogP contribution in [0.15, 0.2) is 54.9 Å². The molecule has 6 nitrogen and oxygen atoms in total. The Hall–Kier alpha value is -2.68. The van der Waals surface area contributed by atoms with Crippen LogP contribution in [0.4, 0.5) is 0 Å². The minimum absolute atomic E-state index is 0.228. The number of hydrogen-bond donors (Lipinski definition) is 1. The summed E-state index contributed by atoms with van der Waals surface area (Å²) in [4.78, 5) is 17.5. The third-order valence-corrected chi connectivity index (χ3v) is 7.18. The largest absolute Gasteiger partial charge is 0.484 e. The van der Waals surface area contributed by atoms with Gasteiger partial charge in [-0.25, -0.2) is 4.98 Å². The molecule has 2 atom stereocenters. The van der Waals surface area contributed by atoms with Gasteiger partial charge in [0.05, 0.1) is 11.0 Å². The molecule has 2 unspecified atom stereocenters. The Morgan fingerprint density at radius 1 is 1.28 bits per heavy atom. The van der Waals surface area contributed by atoms with Crippen molar-refractivity contribution in [2.45, 2.75) is 18.8 Å². The summed E-state index contributed by atoms with van der Waals surface area (Å²) in [7, 11) is 0.647. The molecule has 9 heteroatoms. The molecule has 1 N–H and O–H groups in total. The number of amides is 1. The van der Waals surface area contributed by atoms with Gasteiger partial charge < -0.3 is 10.1 Å². The van der Waals surface area contributed by atoms with E-state index in [0.29, 0.717) is 21.4 Å². The number of nitrogens with one attached hydrogen (secondary N) is 1. The average molecular weight is 488 g/mol. The number of thiophene rings is 1. The van der Waals surface area contributed by atoms with Gasteiger partial charge in [-0.05, 0) is 30.7 Å². The summed E-state index contributed by atoms with van der Waals surface area (Å²) >= 11 is 7.65. The van der Waals surface area contributed by atoms with Gasteiger partial charge in [-0.2, -0.15) is 0 Å². The Labute approximate surface area is 197 Å². The molecule has 2 aromatic heterocycles. The first kappa shape index (κ1) is 22.5. The molecule has 0 saturated carbocycles. The van der Waals surface area contributed by atoms with Crippen molar-refractivity contribution < 1.29 is 13.7 Å². The minimum Gasteiger partial charge on any atom is -0.484 e. The monoisotopic (exact) mass is 487 g/mol. The highest BCUT2D eigenvalue weighted by atomic mass is 35.5. The fourth-order valence-electron chi connectivity index (χ4n) is 3.45. The fraction of sp³-hybridized carbons (Fsp3) is 0.217. The number of carbonyl (C=O) groups excluding carboxylic acids is 1. The molecular weight excluding hydrogens is 466 g/mol. The van der Waals surface area contributed by atoms with Crippen LogP contribution in [-0.4, -0.2) is 33.0 Å². The molecule has 0 spiro atoms. The van der Waals surface area contributed by atoms with Gasteiger partial charge in [0.15, 0.2) is 0 Å². The average Bonchev–Trinajstić information content (AvgIpc) is 3.36. The van der Waals surface area contributed by atoms with E-state index in [1.807, 2.05) is 60.0 Å². The smallest absolute Gasteiger partial charge is 0.264 e. The SMILES string of the molecule is CNC(=O)c1sc(-n2cnc3ccc(CS(C)=O)cc32)cc1OC(C)c1ccccc1Cl. The molecule has 2 heterocycles. The lowest BCUT2D eigenvalue weighted by atomic mass is 10.1. The molecular formula is C23H22ClN3O3S2. The molecule has 0 bridgehead atoms. The van der Waals surface area contributed by atoms with Crippen LogP contribution in [0.3, 0.4) is 0 Å². The number of rotatable bonds is 7. The van der Waals surface area contributed by atoms with Gasteiger partial charge >= 0.3 is 0 Å². The second kappa shape index (κ2) is 9.44. The van der Waals surface area contributed by atoms with E-state index in [9.17, 15) is 9.00 Å². The van der Waals surface area contributed by atoms with E-state index < -0.39 is 10.8 Å². The summed E-state index contributed by atoms with van der Waals surface area (Å²) in [6.07, 6.45) is 3.05. The van der Waals surface area contributed by atoms with Gasteiger partial charge in [0.25, 0.3) is 5.91 Å². The maximum Gasteiger partial charge on any atom is 0.264 e. The second-order valence-electron chi connectivity index (χ2n) is 7.29. The normalized spacial score (nSPS) is 13.1. The fourth-order valence-corrected chi connectivity index (χ4v) is 5.41. The van der Waals surface area contributed by atoms with Crippen molar-refractivity contribution in [2.24, 2.45) is 0 Å². The van der Waals surface area contributed by atoms with Crippen LogP contribution in [0.5, 0.6) is 5.75 Å². The lowest BCUT2D eigenvalue weighted by Gasteiger charge is -2.16. The number of hydrogen-bond acceptors (Lipinski definition) is 5. The number of ether oxygens (including phenoxy) is 1. The van der Waals surface area contributed by atoms with Crippen LogP contribution in [0.1, 0.15) is 33.8 Å². The number of halogens is 1. The number of fused-ring (bicyclic) bond motifs is 1. The van der Waals surface area contributed by atoms with Crippen LogP contribution in [-0.2, 0) is 16.6 Å². The van der Waals surface area contributed by atoms with Gasteiger partial charge in [-0.3, -0.25) is 13.6 Å². The maximum atomic E-state index is 12.6. The van der Waals surface area contributed by atoms with E-state index in [4.69, 9.17) is 16.3 Å². The maximum absolute atomic E-state index is 12.6. The highest BCUT2D eigenvalue weighted by Crippen LogP contribution is 2.37. The Bertz CT molecular complexity index is 1320. The molecule has 0 aliphatic carbocycles. The molecule has 0 aliphatic heterocycles. The predicted octanol–water partition coefficient (Wildman–Crippen LogP) is 5.12. The van der Waals surface area contributed by atoms with Gasteiger partial charge in [-0.1, -0.05) is 35.9 Å². The first-order valence-corrected chi connectivity index (χ1v) is 12.8. The molecule has 0 saturated heterocycles. The van der Waals surface area contributed by atoms with Crippen molar-refractivity contribution in [3.05, 3.63) is 75.9 Å². The first-order chi connectivity index (χ1) is 15.4. The summed E-state index contributed by atoms with van der Waals surface area (Å²) < 4.78 is 19.8. The number of imidazole rings is 1. The van der Waals surface area contributed by atoms with E-state index >= 15 is 0 Å². The molecule has 4 rings (SSSR count). The van der Waals surface area contributed by atoms with E-state index in [2.05, 4.69) is 10.3 Å². The van der Waals surface area contributed by atoms with Crippen LogP contribution in [0.2, 0.25) is 5.02 Å². The van der Waals surface area contributed by atoms with Crippen molar-refractivity contribution in [3.63, 3.8) is 0 Å². The second-order valence-corrected chi connectivity index (χ2v) is 10.2. The van der Waals surface area contributed by atoms with Crippen molar-refractivity contribution in [1.29, 1.82) is 0 Å². The highest BCUT2D eigenvalue weighted by molar-refractivity contribution is 7.83. The van der Waals surface area contributed by atoms with Gasteiger partial charge in [0, 0.05) is 46.5 Å². The van der Waals surface area contributed by atoms with Crippen LogP contribution in [0.25, 0.3) is 16.0 Å². The minimum atomic E-state index is -0.943. The number of benzene rings is 2. The number of nitrogens with zero attached hydrogens (tertiary/aromatic N) is 2. The van der Waals surface area contributed by atoms with Crippen LogP contribution < -0.4 is 10.1 Å². The lowest BCUT2D eigenvalue weighted by Crippen LogP contribution is -2.17. The summed E-state index contributed by atoms with van der Waals surface area (Å²) in [6.45, 7) is 1.90. The zero-order valence-electron chi connectivity index (χ0n) is 17.8. The summed E-state index contributed by atoms with van der Waals surface area (Å²) in [5, 5.41) is 4.08. The van der Waals surface area contributed by atoms with E-state index in [1.54, 1.807) is 19.6 Å². The zero-order valence-corrected chi connectivity index (χ0v) is 20.2. The molecule has 166 valence electrons. The molecule has 0 radical (unpaired) electrons. The molecule has 32 heavy (non-hydrogen) atoms. The lowest BCUT2D eigenvalue weighted by molar-refractivity contribution is 0.0961. The molecule has 2 aromatic carbocycles. The summed E-state index contributed by atoms with van der Waals surface area (Å²) in [5.41, 5.74) is 3.50. The third kappa shape index (κ3) is 4.57.